The first-order valence-corrected chi connectivity index (χ1v) is 9.45. The predicted molar refractivity (Wildman–Crippen MR) is 108 cm³/mol. The fourth-order valence-corrected chi connectivity index (χ4v) is 2.39. The van der Waals surface area contributed by atoms with Crippen molar-refractivity contribution in [1.29, 1.82) is 0 Å². The maximum atomic E-state index is 13.5. The molecular formula is C20H31F3N4O2. The minimum absolute atomic E-state index is 0.0420. The Morgan fingerprint density at radius 2 is 1.83 bits per heavy atom. The Bertz CT molecular complexity index is 711. The smallest absolute Gasteiger partial charge is 0.416 e. The average Bonchev–Trinajstić information content (AvgIpc) is 2.57. The van der Waals surface area contributed by atoms with Crippen LogP contribution in [0.4, 0.5) is 13.2 Å². The molecule has 0 bridgehead atoms. The molecule has 1 rings (SSSR count). The van der Waals surface area contributed by atoms with Crippen molar-refractivity contribution in [3.8, 4) is 5.75 Å². The first-order valence-electron chi connectivity index (χ1n) is 9.45. The Hall–Kier alpha value is -2.45. The number of nitrogens with one attached hydrogen (secondary N) is 2. The van der Waals surface area contributed by atoms with E-state index in [0.717, 1.165) is 6.07 Å². The molecule has 0 heterocycles. The number of amides is 1. The fourth-order valence-electron chi connectivity index (χ4n) is 2.39. The third-order valence-electron chi connectivity index (χ3n) is 3.69. The normalized spacial score (nSPS) is 12.5. The van der Waals surface area contributed by atoms with E-state index in [-0.39, 0.29) is 30.2 Å². The lowest BCUT2D eigenvalue weighted by Gasteiger charge is -2.22. The number of halogens is 3. The van der Waals surface area contributed by atoms with Crippen LogP contribution in [0.3, 0.4) is 0 Å². The summed E-state index contributed by atoms with van der Waals surface area (Å²) < 4.78 is 46.1. The summed E-state index contributed by atoms with van der Waals surface area (Å²) in [5.74, 6) is 0.453. The Kier molecular flexibility index (Phi) is 8.79. The van der Waals surface area contributed by atoms with E-state index in [2.05, 4.69) is 15.6 Å². The maximum absolute atomic E-state index is 13.5. The Labute approximate surface area is 170 Å². The molecule has 0 atom stereocenters. The van der Waals surface area contributed by atoms with E-state index < -0.39 is 17.3 Å². The van der Waals surface area contributed by atoms with Crippen LogP contribution >= 0.6 is 0 Å². The van der Waals surface area contributed by atoms with Crippen molar-refractivity contribution in [1.82, 2.24) is 15.5 Å². The van der Waals surface area contributed by atoms with Crippen molar-refractivity contribution in [2.24, 2.45) is 4.99 Å². The molecule has 0 aliphatic heterocycles. The van der Waals surface area contributed by atoms with E-state index >= 15 is 0 Å². The summed E-state index contributed by atoms with van der Waals surface area (Å²) >= 11 is 0. The molecule has 0 aliphatic carbocycles. The molecule has 0 aromatic heterocycles. The quantitative estimate of drug-likeness (QED) is 0.528. The first kappa shape index (κ1) is 24.6. The van der Waals surface area contributed by atoms with E-state index in [1.54, 1.807) is 34.9 Å². The highest BCUT2D eigenvalue weighted by atomic mass is 19.4. The number of guanidine groups is 1. The standard InChI is InChI=1S/C20H31F3N4O2/c1-7-24-18(25-11-10-17(28)27(5)6)26-13-14-8-9-15(29-19(2,3)4)12-16(14)20(21,22)23/h8-9,12H,7,10-11,13H2,1-6H3,(H2,24,25,26). The number of carbonyl (C=O) groups is 1. The summed E-state index contributed by atoms with van der Waals surface area (Å²) in [5.41, 5.74) is -1.34. The van der Waals surface area contributed by atoms with E-state index in [1.807, 2.05) is 6.92 Å². The molecule has 0 unspecified atom stereocenters. The molecule has 9 heteroatoms. The minimum Gasteiger partial charge on any atom is -0.488 e. The van der Waals surface area contributed by atoms with Gasteiger partial charge in [-0.05, 0) is 45.4 Å². The lowest BCUT2D eigenvalue weighted by atomic mass is 10.1. The van der Waals surface area contributed by atoms with E-state index in [4.69, 9.17) is 4.74 Å². The van der Waals surface area contributed by atoms with Crippen LogP contribution in [0.15, 0.2) is 23.2 Å². The summed E-state index contributed by atoms with van der Waals surface area (Å²) in [4.78, 5) is 17.3. The molecule has 29 heavy (non-hydrogen) atoms. The lowest BCUT2D eigenvalue weighted by molar-refractivity contribution is -0.138. The highest BCUT2D eigenvalue weighted by Gasteiger charge is 2.34. The minimum atomic E-state index is -4.52. The molecule has 0 aliphatic rings. The topological polar surface area (TPSA) is 66.0 Å². The van der Waals surface area contributed by atoms with Crippen molar-refractivity contribution in [3.05, 3.63) is 29.3 Å². The summed E-state index contributed by atoms with van der Waals surface area (Å²) in [6.45, 7) is 7.87. The van der Waals surface area contributed by atoms with Crippen LogP contribution in [0.1, 0.15) is 45.2 Å². The second kappa shape index (κ2) is 10.4. The van der Waals surface area contributed by atoms with Gasteiger partial charge in [0.15, 0.2) is 5.96 Å². The zero-order valence-electron chi connectivity index (χ0n) is 17.9. The number of ether oxygens (including phenoxy) is 1. The van der Waals surface area contributed by atoms with Gasteiger partial charge in [0.05, 0.1) is 12.1 Å². The largest absolute Gasteiger partial charge is 0.488 e. The first-order chi connectivity index (χ1) is 13.3. The van der Waals surface area contributed by atoms with Gasteiger partial charge in [-0.2, -0.15) is 13.2 Å². The average molecular weight is 416 g/mol. The van der Waals surface area contributed by atoms with Gasteiger partial charge in [-0.25, -0.2) is 4.99 Å². The number of hydrogen-bond donors (Lipinski definition) is 2. The Morgan fingerprint density at radius 1 is 1.17 bits per heavy atom. The number of carbonyl (C=O) groups excluding carboxylic acids is 1. The SMILES string of the molecule is CCNC(=NCc1ccc(OC(C)(C)C)cc1C(F)(F)F)NCCC(=O)N(C)C. The van der Waals surface area contributed by atoms with Gasteiger partial charge in [0.1, 0.15) is 11.4 Å². The molecule has 0 saturated heterocycles. The van der Waals surface area contributed by atoms with E-state index in [9.17, 15) is 18.0 Å². The highest BCUT2D eigenvalue weighted by Crippen LogP contribution is 2.35. The zero-order valence-corrected chi connectivity index (χ0v) is 17.9. The second-order valence-electron chi connectivity index (χ2n) is 7.69. The van der Waals surface area contributed by atoms with E-state index in [1.165, 1.54) is 17.0 Å². The maximum Gasteiger partial charge on any atom is 0.416 e. The summed E-state index contributed by atoms with van der Waals surface area (Å²) in [6, 6.07) is 3.90. The molecule has 1 amide bonds. The van der Waals surface area contributed by atoms with Crippen LogP contribution in [0.25, 0.3) is 0 Å². The van der Waals surface area contributed by atoms with Gasteiger partial charge in [-0.1, -0.05) is 6.07 Å². The Balaban J connectivity index is 2.98. The van der Waals surface area contributed by atoms with Crippen LogP contribution in [-0.2, 0) is 17.5 Å². The highest BCUT2D eigenvalue weighted by molar-refractivity contribution is 5.81. The van der Waals surface area contributed by atoms with Crippen LogP contribution < -0.4 is 15.4 Å². The summed E-state index contributed by atoms with van der Waals surface area (Å²) in [5, 5.41) is 5.93. The van der Waals surface area contributed by atoms with Crippen LogP contribution in [0.5, 0.6) is 5.75 Å². The molecule has 2 N–H and O–H groups in total. The van der Waals surface area contributed by atoms with Crippen LogP contribution in [-0.4, -0.2) is 49.6 Å². The van der Waals surface area contributed by atoms with Crippen molar-refractivity contribution in [2.45, 2.75) is 52.4 Å². The summed E-state index contributed by atoms with van der Waals surface area (Å²) in [7, 11) is 3.32. The molecular weight excluding hydrogens is 385 g/mol. The van der Waals surface area contributed by atoms with Gasteiger partial charge < -0.3 is 20.3 Å². The van der Waals surface area contributed by atoms with E-state index in [0.29, 0.717) is 19.0 Å². The van der Waals surface area contributed by atoms with Gasteiger partial charge in [-0.3, -0.25) is 4.79 Å². The van der Waals surface area contributed by atoms with Gasteiger partial charge in [0.2, 0.25) is 5.91 Å². The van der Waals surface area contributed by atoms with Crippen molar-refractivity contribution < 1.29 is 22.7 Å². The van der Waals surface area contributed by atoms with Gasteiger partial charge in [-0.15, -0.1) is 0 Å². The third-order valence-corrected chi connectivity index (χ3v) is 3.69. The lowest BCUT2D eigenvalue weighted by Crippen LogP contribution is -2.39. The molecule has 0 fully saturated rings. The van der Waals surface area contributed by atoms with Crippen molar-refractivity contribution in [2.75, 3.05) is 27.2 Å². The van der Waals surface area contributed by atoms with Gasteiger partial charge >= 0.3 is 6.18 Å². The number of rotatable bonds is 7. The number of nitrogens with zero attached hydrogens (tertiary/aromatic N) is 2. The molecule has 1 aromatic carbocycles. The summed E-state index contributed by atoms with van der Waals surface area (Å²) in [6.07, 6.45) is -4.27. The predicted octanol–water partition coefficient (Wildman–Crippen LogP) is 3.42. The molecule has 0 radical (unpaired) electrons. The van der Waals surface area contributed by atoms with Crippen molar-refractivity contribution in [3.63, 3.8) is 0 Å². The molecule has 1 aromatic rings. The van der Waals surface area contributed by atoms with Gasteiger partial charge in [0, 0.05) is 33.6 Å². The zero-order chi connectivity index (χ0) is 22.2. The van der Waals surface area contributed by atoms with Gasteiger partial charge in [0.25, 0.3) is 0 Å². The fraction of sp³-hybridized carbons (Fsp3) is 0.600. The Morgan fingerprint density at radius 3 is 2.34 bits per heavy atom. The molecule has 0 spiro atoms. The number of hydrogen-bond acceptors (Lipinski definition) is 3. The number of alkyl halides is 3. The van der Waals surface area contributed by atoms with Crippen LogP contribution in [0.2, 0.25) is 0 Å². The van der Waals surface area contributed by atoms with Crippen molar-refractivity contribution >= 4 is 11.9 Å². The molecule has 164 valence electrons. The number of benzene rings is 1. The number of aliphatic imine (C=N–C) groups is 1. The molecule has 6 nitrogen and oxygen atoms in total. The third kappa shape index (κ3) is 9.06. The molecule has 0 saturated carbocycles. The monoisotopic (exact) mass is 416 g/mol. The second-order valence-corrected chi connectivity index (χ2v) is 7.69. The van der Waals surface area contributed by atoms with Crippen LogP contribution in [0, 0.1) is 0 Å².